The van der Waals surface area contributed by atoms with Gasteiger partial charge in [-0.05, 0) is 19.8 Å². The molecule has 4 nitrogen and oxygen atoms in total. The minimum Gasteiger partial charge on any atom is -0.462 e. The van der Waals surface area contributed by atoms with Gasteiger partial charge in [0.1, 0.15) is 11.4 Å². The lowest BCUT2D eigenvalue weighted by atomic mass is 9.88. The Balaban J connectivity index is 2.22. The quantitative estimate of drug-likeness (QED) is 0.627. The van der Waals surface area contributed by atoms with E-state index in [4.69, 9.17) is 16.3 Å². The Morgan fingerprint density at radius 2 is 2.16 bits per heavy atom. The molecule has 0 bridgehead atoms. The average molecular weight is 283 g/mol. The van der Waals surface area contributed by atoms with Crippen LogP contribution in [0.25, 0.3) is 0 Å². The van der Waals surface area contributed by atoms with E-state index >= 15 is 0 Å². The summed E-state index contributed by atoms with van der Waals surface area (Å²) in [4.78, 5) is 20.6. The highest BCUT2D eigenvalue weighted by atomic mass is 35.5. The van der Waals surface area contributed by atoms with Crippen LogP contribution < -0.4 is 0 Å². The highest BCUT2D eigenvalue weighted by Crippen LogP contribution is 2.30. The first-order chi connectivity index (χ1) is 9.26. The third kappa shape index (κ3) is 3.44. The van der Waals surface area contributed by atoms with E-state index in [1.54, 1.807) is 13.1 Å². The van der Waals surface area contributed by atoms with Gasteiger partial charge in [-0.1, -0.05) is 19.3 Å². The van der Waals surface area contributed by atoms with E-state index in [1.807, 2.05) is 0 Å². The van der Waals surface area contributed by atoms with Crippen molar-refractivity contribution in [2.75, 3.05) is 6.61 Å². The number of nitrogens with zero attached hydrogens (tertiary/aromatic N) is 2. The van der Waals surface area contributed by atoms with E-state index in [9.17, 15) is 4.79 Å². The van der Waals surface area contributed by atoms with Crippen LogP contribution in [0.4, 0.5) is 0 Å². The Bertz CT molecular complexity index is 445. The lowest BCUT2D eigenvalue weighted by Gasteiger charge is -2.20. The second-order valence-electron chi connectivity index (χ2n) is 4.78. The number of rotatable bonds is 4. The van der Waals surface area contributed by atoms with Crippen molar-refractivity contribution in [3.05, 3.63) is 23.3 Å². The molecule has 5 heteroatoms. The summed E-state index contributed by atoms with van der Waals surface area (Å²) in [6, 6.07) is 0. The molecule has 0 radical (unpaired) electrons. The van der Waals surface area contributed by atoms with Crippen molar-refractivity contribution in [2.45, 2.75) is 50.8 Å². The van der Waals surface area contributed by atoms with E-state index in [0.29, 0.717) is 23.8 Å². The van der Waals surface area contributed by atoms with Crippen molar-refractivity contribution >= 4 is 17.6 Å². The van der Waals surface area contributed by atoms with Gasteiger partial charge in [-0.25, -0.2) is 14.8 Å². The van der Waals surface area contributed by atoms with Crippen molar-refractivity contribution < 1.29 is 9.53 Å². The molecule has 19 heavy (non-hydrogen) atoms. The Hall–Kier alpha value is -1.16. The molecule has 0 spiro atoms. The van der Waals surface area contributed by atoms with E-state index < -0.39 is 5.97 Å². The second-order valence-corrected chi connectivity index (χ2v) is 5.04. The Morgan fingerprint density at radius 1 is 1.42 bits per heavy atom. The molecule has 0 aliphatic heterocycles. The number of alkyl halides is 1. The molecule has 1 aromatic rings. The Labute approximate surface area is 118 Å². The third-order valence-corrected chi connectivity index (χ3v) is 3.73. The van der Waals surface area contributed by atoms with Gasteiger partial charge < -0.3 is 4.74 Å². The number of carbonyl (C=O) groups is 1. The molecule has 0 unspecified atom stereocenters. The molecule has 1 fully saturated rings. The summed E-state index contributed by atoms with van der Waals surface area (Å²) in [7, 11) is 0. The lowest BCUT2D eigenvalue weighted by Crippen LogP contribution is -2.14. The van der Waals surface area contributed by atoms with Crippen LogP contribution >= 0.6 is 11.6 Å². The summed E-state index contributed by atoms with van der Waals surface area (Å²) >= 11 is 5.89. The highest BCUT2D eigenvalue weighted by molar-refractivity contribution is 6.17. The van der Waals surface area contributed by atoms with Gasteiger partial charge in [-0.2, -0.15) is 0 Å². The van der Waals surface area contributed by atoms with Crippen LogP contribution in [-0.4, -0.2) is 22.5 Å². The normalized spacial score (nSPS) is 16.3. The number of esters is 1. The van der Waals surface area contributed by atoms with Crippen LogP contribution in [0.1, 0.15) is 66.8 Å². The lowest BCUT2D eigenvalue weighted by molar-refractivity contribution is 0.0524. The zero-order valence-corrected chi connectivity index (χ0v) is 11.9. The zero-order chi connectivity index (χ0) is 13.7. The zero-order valence-electron chi connectivity index (χ0n) is 11.2. The summed E-state index contributed by atoms with van der Waals surface area (Å²) in [6.45, 7) is 2.11. The molecule has 1 saturated carbocycles. The van der Waals surface area contributed by atoms with Crippen molar-refractivity contribution in [2.24, 2.45) is 0 Å². The number of halogens is 1. The summed E-state index contributed by atoms with van der Waals surface area (Å²) in [5.41, 5.74) is 0.965. The van der Waals surface area contributed by atoms with Crippen LogP contribution in [0.15, 0.2) is 6.20 Å². The van der Waals surface area contributed by atoms with Gasteiger partial charge in [0.15, 0.2) is 0 Å². The molecule has 0 saturated heterocycles. The molecule has 0 N–H and O–H groups in total. The fraction of sp³-hybridized carbons (Fsp3) is 0.643. The smallest absolute Gasteiger partial charge is 0.341 e. The number of carbonyl (C=O) groups excluding carboxylic acids is 1. The van der Waals surface area contributed by atoms with Crippen LogP contribution in [-0.2, 0) is 10.6 Å². The van der Waals surface area contributed by atoms with Gasteiger partial charge in [-0.3, -0.25) is 0 Å². The highest BCUT2D eigenvalue weighted by Gasteiger charge is 2.21. The second kappa shape index (κ2) is 6.85. The van der Waals surface area contributed by atoms with Crippen molar-refractivity contribution in [3.63, 3.8) is 0 Å². The summed E-state index contributed by atoms with van der Waals surface area (Å²) in [6.07, 6.45) is 7.56. The Morgan fingerprint density at radius 3 is 2.79 bits per heavy atom. The van der Waals surface area contributed by atoms with Crippen molar-refractivity contribution in [1.29, 1.82) is 0 Å². The molecule has 0 aromatic carbocycles. The molecule has 0 atom stereocenters. The first-order valence-corrected chi connectivity index (χ1v) is 7.38. The number of ether oxygens (including phenoxy) is 1. The van der Waals surface area contributed by atoms with Crippen molar-refractivity contribution in [1.82, 2.24) is 9.97 Å². The third-order valence-electron chi connectivity index (χ3n) is 3.48. The summed E-state index contributed by atoms with van der Waals surface area (Å²) in [5.74, 6) is 1.04. The molecule has 0 amide bonds. The maximum Gasteiger partial charge on any atom is 0.341 e. The molecular weight excluding hydrogens is 264 g/mol. The molecular formula is C14H19ClN2O2. The van der Waals surface area contributed by atoms with Crippen molar-refractivity contribution in [3.8, 4) is 0 Å². The maximum absolute atomic E-state index is 11.8. The predicted molar refractivity (Wildman–Crippen MR) is 73.4 cm³/mol. The van der Waals surface area contributed by atoms with E-state index in [-0.39, 0.29) is 5.88 Å². The Kier molecular flexibility index (Phi) is 5.14. The largest absolute Gasteiger partial charge is 0.462 e. The number of hydrogen-bond donors (Lipinski definition) is 0. The average Bonchev–Trinajstić information content (AvgIpc) is 2.47. The van der Waals surface area contributed by atoms with Crippen LogP contribution in [0.2, 0.25) is 0 Å². The molecule has 2 rings (SSSR count). The summed E-state index contributed by atoms with van der Waals surface area (Å²) in [5, 5.41) is 0. The van der Waals surface area contributed by atoms with Crippen LogP contribution in [0.5, 0.6) is 0 Å². The summed E-state index contributed by atoms with van der Waals surface area (Å²) < 4.78 is 4.98. The number of aromatic nitrogens is 2. The fourth-order valence-corrected chi connectivity index (χ4v) is 2.68. The van der Waals surface area contributed by atoms with Gasteiger partial charge in [0.2, 0.25) is 0 Å². The minimum atomic E-state index is -0.395. The number of hydrogen-bond acceptors (Lipinski definition) is 4. The molecule has 1 aliphatic carbocycles. The SMILES string of the molecule is CCOC(=O)c1cnc(C2CCCCC2)nc1CCl. The molecule has 1 heterocycles. The van der Waals surface area contributed by atoms with E-state index in [0.717, 1.165) is 18.7 Å². The van der Waals surface area contributed by atoms with Gasteiger partial charge >= 0.3 is 5.97 Å². The first-order valence-electron chi connectivity index (χ1n) is 6.85. The molecule has 1 aromatic heterocycles. The van der Waals surface area contributed by atoms with Gasteiger partial charge in [-0.15, -0.1) is 11.6 Å². The topological polar surface area (TPSA) is 52.1 Å². The van der Waals surface area contributed by atoms with Gasteiger partial charge in [0.05, 0.1) is 18.2 Å². The van der Waals surface area contributed by atoms with Crippen LogP contribution in [0, 0.1) is 0 Å². The minimum absolute atomic E-state index is 0.205. The first kappa shape index (κ1) is 14.3. The van der Waals surface area contributed by atoms with E-state index in [2.05, 4.69) is 9.97 Å². The maximum atomic E-state index is 11.8. The fourth-order valence-electron chi connectivity index (χ4n) is 2.47. The standard InChI is InChI=1S/C14H19ClN2O2/c1-2-19-14(18)11-9-16-13(17-12(11)8-15)10-6-4-3-5-7-10/h9-10H,2-8H2,1H3. The van der Waals surface area contributed by atoms with Gasteiger partial charge in [0.25, 0.3) is 0 Å². The molecule has 104 valence electrons. The predicted octanol–water partition coefficient (Wildman–Crippen LogP) is 3.44. The van der Waals surface area contributed by atoms with Crippen LogP contribution in [0.3, 0.4) is 0 Å². The van der Waals surface area contributed by atoms with Gasteiger partial charge in [0, 0.05) is 12.1 Å². The monoisotopic (exact) mass is 282 g/mol. The molecule has 1 aliphatic rings. The van der Waals surface area contributed by atoms with E-state index in [1.165, 1.54) is 19.3 Å².